The molecule has 0 saturated carbocycles. The number of nitrogens with zero attached hydrogens (tertiary/aromatic N) is 3. The van der Waals surface area contributed by atoms with E-state index in [1.54, 1.807) is 49.0 Å². The molecule has 0 bridgehead atoms. The van der Waals surface area contributed by atoms with E-state index in [2.05, 4.69) is 21.2 Å². The lowest BCUT2D eigenvalue weighted by Crippen LogP contribution is -2.32. The molecule has 10 heteroatoms. The molecule has 3 aromatic rings. The lowest BCUT2D eigenvalue weighted by molar-refractivity contribution is -0.121. The minimum Gasteiger partial charge on any atom is -0.321 e. The fraction of sp³-hybridized carbons (Fsp3) is 0.174. The van der Waals surface area contributed by atoms with Crippen molar-refractivity contribution >= 4 is 34.8 Å². The number of hydrogen-bond acceptors (Lipinski definition) is 5. The quantitative estimate of drug-likeness (QED) is 0.554. The van der Waals surface area contributed by atoms with Gasteiger partial charge in [-0.1, -0.05) is 24.3 Å². The smallest absolute Gasteiger partial charge is 0.295 e. The predicted octanol–water partition coefficient (Wildman–Crippen LogP) is 1.94. The standard InChI is InChI=1S/C23H22N6O4/c1-14-20(23(33)29(28(14)2)17-9-4-3-5-10-17)25-21(31)15-7-6-8-16(13-15)24-22(32)18-11-12-19(30)27-26-18/h3-10,13H,11-12H2,1-2H3,(H,24,32)(H,25,31)(H,27,30). The highest BCUT2D eigenvalue weighted by molar-refractivity contribution is 6.43. The van der Waals surface area contributed by atoms with Crippen molar-refractivity contribution in [1.29, 1.82) is 0 Å². The molecule has 2 heterocycles. The molecule has 0 unspecified atom stereocenters. The minimum absolute atomic E-state index is 0.174. The molecule has 0 atom stereocenters. The number of carbonyl (C=O) groups excluding carboxylic acids is 3. The molecule has 0 saturated heterocycles. The van der Waals surface area contributed by atoms with Gasteiger partial charge in [-0.2, -0.15) is 5.10 Å². The third-order valence-corrected chi connectivity index (χ3v) is 5.34. The van der Waals surface area contributed by atoms with Crippen LogP contribution in [-0.2, 0) is 16.6 Å². The molecule has 1 aromatic heterocycles. The van der Waals surface area contributed by atoms with Gasteiger partial charge in [0, 0.05) is 31.1 Å². The van der Waals surface area contributed by atoms with Gasteiger partial charge in [-0.05, 0) is 37.3 Å². The van der Waals surface area contributed by atoms with Gasteiger partial charge in [0.05, 0.1) is 11.4 Å². The largest absolute Gasteiger partial charge is 0.321 e. The molecule has 10 nitrogen and oxygen atoms in total. The van der Waals surface area contributed by atoms with Gasteiger partial charge < -0.3 is 10.6 Å². The van der Waals surface area contributed by atoms with Gasteiger partial charge >= 0.3 is 0 Å². The highest BCUT2D eigenvalue weighted by Gasteiger charge is 2.20. The average molecular weight is 446 g/mol. The summed E-state index contributed by atoms with van der Waals surface area (Å²) in [6.07, 6.45) is 0.421. The van der Waals surface area contributed by atoms with E-state index in [9.17, 15) is 19.2 Å². The Hall–Kier alpha value is -4.47. The third-order valence-electron chi connectivity index (χ3n) is 5.34. The number of benzene rings is 2. The molecule has 1 aliphatic heterocycles. The maximum Gasteiger partial charge on any atom is 0.295 e. The molecule has 168 valence electrons. The number of aromatic nitrogens is 2. The Balaban J connectivity index is 1.54. The Labute approximate surface area is 188 Å². The zero-order valence-corrected chi connectivity index (χ0v) is 18.1. The van der Waals surface area contributed by atoms with E-state index in [1.165, 1.54) is 10.7 Å². The van der Waals surface area contributed by atoms with Crippen LogP contribution in [0.15, 0.2) is 64.5 Å². The molecule has 33 heavy (non-hydrogen) atoms. The van der Waals surface area contributed by atoms with Crippen molar-refractivity contribution in [2.45, 2.75) is 19.8 Å². The molecule has 1 aliphatic rings. The molecule has 3 amide bonds. The van der Waals surface area contributed by atoms with Gasteiger partial charge in [-0.3, -0.25) is 23.9 Å². The maximum absolute atomic E-state index is 13.0. The van der Waals surface area contributed by atoms with E-state index in [0.29, 0.717) is 17.1 Å². The topological polar surface area (TPSA) is 127 Å². The van der Waals surface area contributed by atoms with Crippen molar-refractivity contribution in [3.8, 4) is 5.69 Å². The maximum atomic E-state index is 13.0. The fourth-order valence-electron chi connectivity index (χ4n) is 3.48. The molecule has 3 N–H and O–H groups in total. The van der Waals surface area contributed by atoms with Gasteiger partial charge in [0.2, 0.25) is 5.91 Å². The van der Waals surface area contributed by atoms with Gasteiger partial charge in [-0.15, -0.1) is 0 Å². The van der Waals surface area contributed by atoms with Gasteiger partial charge in [0.15, 0.2) is 0 Å². The lowest BCUT2D eigenvalue weighted by Gasteiger charge is -2.12. The fourth-order valence-corrected chi connectivity index (χ4v) is 3.48. The van der Waals surface area contributed by atoms with Crippen molar-refractivity contribution < 1.29 is 14.4 Å². The van der Waals surface area contributed by atoms with E-state index in [-0.39, 0.29) is 41.3 Å². The normalized spacial score (nSPS) is 13.2. The van der Waals surface area contributed by atoms with Crippen LogP contribution in [0.4, 0.5) is 11.4 Å². The van der Waals surface area contributed by atoms with E-state index < -0.39 is 11.8 Å². The Morgan fingerprint density at radius 2 is 1.73 bits per heavy atom. The summed E-state index contributed by atoms with van der Waals surface area (Å²) in [6.45, 7) is 1.75. The SMILES string of the molecule is Cc1c(NC(=O)c2cccc(NC(=O)C3=NNC(=O)CC3)c2)c(=O)n(-c2ccccc2)n1C. The zero-order chi connectivity index (χ0) is 23.5. The van der Waals surface area contributed by atoms with E-state index in [0.717, 1.165) is 0 Å². The Morgan fingerprint density at radius 1 is 0.970 bits per heavy atom. The van der Waals surface area contributed by atoms with Crippen LogP contribution in [0.3, 0.4) is 0 Å². The van der Waals surface area contributed by atoms with Crippen LogP contribution in [-0.4, -0.2) is 32.8 Å². The van der Waals surface area contributed by atoms with E-state index in [4.69, 9.17) is 0 Å². The van der Waals surface area contributed by atoms with E-state index >= 15 is 0 Å². The average Bonchev–Trinajstić information content (AvgIpc) is 3.03. The summed E-state index contributed by atoms with van der Waals surface area (Å²) >= 11 is 0. The van der Waals surface area contributed by atoms with Crippen LogP contribution in [0.2, 0.25) is 0 Å². The Kier molecular flexibility index (Phi) is 5.90. The first-order valence-electron chi connectivity index (χ1n) is 10.3. The number of amides is 3. The highest BCUT2D eigenvalue weighted by Crippen LogP contribution is 2.17. The first-order chi connectivity index (χ1) is 15.8. The number of carbonyl (C=O) groups is 3. The number of hydrogen-bond donors (Lipinski definition) is 3. The number of rotatable bonds is 5. The number of para-hydroxylation sites is 1. The first kappa shape index (κ1) is 21.8. The van der Waals surface area contributed by atoms with Crippen LogP contribution in [0, 0.1) is 6.92 Å². The summed E-state index contributed by atoms with van der Waals surface area (Å²) < 4.78 is 3.15. The van der Waals surface area contributed by atoms with Crippen molar-refractivity contribution in [3.63, 3.8) is 0 Å². The predicted molar refractivity (Wildman–Crippen MR) is 124 cm³/mol. The molecule has 2 aromatic carbocycles. The van der Waals surface area contributed by atoms with Crippen LogP contribution in [0.1, 0.15) is 28.9 Å². The second-order valence-electron chi connectivity index (χ2n) is 7.52. The van der Waals surface area contributed by atoms with Gasteiger partial charge in [0.1, 0.15) is 11.4 Å². The van der Waals surface area contributed by atoms with Crippen molar-refractivity contribution in [2.24, 2.45) is 12.1 Å². The van der Waals surface area contributed by atoms with Gasteiger partial charge in [0.25, 0.3) is 17.4 Å². The number of hydrazone groups is 1. The van der Waals surface area contributed by atoms with Crippen LogP contribution < -0.4 is 21.6 Å². The first-order valence-corrected chi connectivity index (χ1v) is 10.3. The Morgan fingerprint density at radius 3 is 2.42 bits per heavy atom. The summed E-state index contributed by atoms with van der Waals surface area (Å²) in [6, 6.07) is 15.5. The molecule has 0 radical (unpaired) electrons. The van der Waals surface area contributed by atoms with E-state index in [1.807, 2.05) is 18.2 Å². The molecule has 4 rings (SSSR count). The molecule has 0 aliphatic carbocycles. The highest BCUT2D eigenvalue weighted by atomic mass is 16.2. The number of anilines is 2. The van der Waals surface area contributed by atoms with Crippen LogP contribution in [0.25, 0.3) is 5.69 Å². The van der Waals surface area contributed by atoms with Crippen molar-refractivity contribution in [3.05, 3.63) is 76.2 Å². The number of nitrogens with one attached hydrogen (secondary N) is 3. The molecule has 0 spiro atoms. The summed E-state index contributed by atoms with van der Waals surface area (Å²) in [5.74, 6) is -1.19. The molecular formula is C23H22N6O4. The van der Waals surface area contributed by atoms with Crippen molar-refractivity contribution in [1.82, 2.24) is 14.8 Å². The summed E-state index contributed by atoms with van der Waals surface area (Å²) in [5.41, 5.74) is 4.23. The summed E-state index contributed by atoms with van der Waals surface area (Å²) in [4.78, 5) is 49.5. The summed E-state index contributed by atoms with van der Waals surface area (Å²) in [7, 11) is 1.74. The second kappa shape index (κ2) is 8.95. The molecular weight excluding hydrogens is 424 g/mol. The lowest BCUT2D eigenvalue weighted by atomic mass is 10.1. The minimum atomic E-state index is -0.487. The second-order valence-corrected chi connectivity index (χ2v) is 7.52. The molecule has 0 fully saturated rings. The Bertz CT molecular complexity index is 1340. The monoisotopic (exact) mass is 446 g/mol. The summed E-state index contributed by atoms with van der Waals surface area (Å²) in [5, 5.41) is 9.13. The zero-order valence-electron chi connectivity index (χ0n) is 18.1. The van der Waals surface area contributed by atoms with Gasteiger partial charge in [-0.25, -0.2) is 10.1 Å². The van der Waals surface area contributed by atoms with Crippen LogP contribution in [0.5, 0.6) is 0 Å². The van der Waals surface area contributed by atoms with Crippen molar-refractivity contribution in [2.75, 3.05) is 10.6 Å². The third kappa shape index (κ3) is 4.45. The van der Waals surface area contributed by atoms with Crippen LogP contribution >= 0.6 is 0 Å².